The third kappa shape index (κ3) is 3.64. The molecule has 7 rings (SSSR count). The van der Waals surface area contributed by atoms with E-state index in [1.165, 1.54) is 6.20 Å². The predicted molar refractivity (Wildman–Crippen MR) is 144 cm³/mol. The van der Waals surface area contributed by atoms with E-state index < -0.39 is 11.2 Å². The minimum Gasteiger partial charge on any atom is -0.339 e. The fraction of sp³-hybridized carbons (Fsp3) is 0.308. The number of aromatic amines is 1. The standard InChI is InChI=1S/C26H23Cl2N7O2/c27-19-2-1-3-20(28)23(19)35-25(36)18-12-30-24-17(22(18)34(26(35)37)16-4-5-16)10-21(32-24)14-11-31-33(13-14)15-6-8-29-9-7-15/h1-3,10-13,15-16,29H,4-9H2,(H,30,32). The first-order chi connectivity index (χ1) is 18.0. The fourth-order valence-electron chi connectivity index (χ4n) is 5.36. The minimum atomic E-state index is -0.497. The van der Waals surface area contributed by atoms with Crippen LogP contribution in [0.3, 0.4) is 0 Å². The summed E-state index contributed by atoms with van der Waals surface area (Å²) >= 11 is 12.8. The lowest BCUT2D eigenvalue weighted by molar-refractivity contribution is 0.343. The minimum absolute atomic E-state index is 0.00488. The first-order valence-electron chi connectivity index (χ1n) is 12.4. The number of halogens is 2. The van der Waals surface area contributed by atoms with Crippen LogP contribution in [0.5, 0.6) is 0 Å². The number of para-hydroxylation sites is 1. The van der Waals surface area contributed by atoms with Gasteiger partial charge in [0.1, 0.15) is 5.65 Å². The van der Waals surface area contributed by atoms with Crippen LogP contribution in [0.1, 0.15) is 37.8 Å². The van der Waals surface area contributed by atoms with Gasteiger partial charge in [-0.2, -0.15) is 5.10 Å². The highest BCUT2D eigenvalue weighted by molar-refractivity contribution is 6.37. The smallest absolute Gasteiger partial charge is 0.336 e. The van der Waals surface area contributed by atoms with Crippen LogP contribution in [0.25, 0.3) is 38.9 Å². The van der Waals surface area contributed by atoms with E-state index in [-0.39, 0.29) is 21.8 Å². The van der Waals surface area contributed by atoms with Crippen LogP contribution >= 0.6 is 23.2 Å². The van der Waals surface area contributed by atoms with E-state index in [9.17, 15) is 9.59 Å². The molecule has 0 amide bonds. The van der Waals surface area contributed by atoms with Gasteiger partial charge in [-0.15, -0.1) is 0 Å². The summed E-state index contributed by atoms with van der Waals surface area (Å²) in [4.78, 5) is 35.5. The Kier molecular flexibility index (Phi) is 5.28. The summed E-state index contributed by atoms with van der Waals surface area (Å²) in [5.41, 5.74) is 2.20. The lowest BCUT2D eigenvalue weighted by Crippen LogP contribution is -2.39. The first-order valence-corrected chi connectivity index (χ1v) is 13.2. The van der Waals surface area contributed by atoms with Gasteiger partial charge in [0.25, 0.3) is 5.56 Å². The van der Waals surface area contributed by atoms with E-state index in [2.05, 4.69) is 20.4 Å². The van der Waals surface area contributed by atoms with E-state index in [1.807, 2.05) is 23.1 Å². The van der Waals surface area contributed by atoms with E-state index in [0.29, 0.717) is 22.6 Å². The summed E-state index contributed by atoms with van der Waals surface area (Å²) in [6, 6.07) is 7.23. The highest BCUT2D eigenvalue weighted by Crippen LogP contribution is 2.38. The maximum atomic E-state index is 13.8. The molecule has 0 unspecified atom stereocenters. The lowest BCUT2D eigenvalue weighted by Gasteiger charge is -2.22. The summed E-state index contributed by atoms with van der Waals surface area (Å²) in [5, 5.41) is 9.52. The van der Waals surface area contributed by atoms with Crippen LogP contribution < -0.4 is 16.6 Å². The molecule has 0 radical (unpaired) electrons. The molecule has 1 saturated heterocycles. The molecule has 2 aliphatic rings. The molecule has 188 valence electrons. The number of piperidine rings is 1. The van der Waals surface area contributed by atoms with Crippen molar-refractivity contribution in [3.05, 3.63) is 73.7 Å². The molecule has 2 fully saturated rings. The van der Waals surface area contributed by atoms with Gasteiger partial charge in [0, 0.05) is 29.4 Å². The number of benzene rings is 1. The van der Waals surface area contributed by atoms with Crippen molar-refractivity contribution in [2.75, 3.05) is 13.1 Å². The monoisotopic (exact) mass is 535 g/mol. The van der Waals surface area contributed by atoms with Crippen molar-refractivity contribution in [2.45, 2.75) is 37.8 Å². The molecule has 4 aromatic heterocycles. The van der Waals surface area contributed by atoms with Crippen molar-refractivity contribution in [3.8, 4) is 16.9 Å². The van der Waals surface area contributed by atoms with E-state index >= 15 is 0 Å². The molecule has 5 heterocycles. The molecule has 9 nitrogen and oxygen atoms in total. The van der Waals surface area contributed by atoms with Gasteiger partial charge in [-0.1, -0.05) is 29.3 Å². The first kappa shape index (κ1) is 22.8. The Morgan fingerprint density at radius 1 is 0.946 bits per heavy atom. The Hall–Kier alpha value is -3.40. The van der Waals surface area contributed by atoms with E-state index in [4.69, 9.17) is 23.2 Å². The van der Waals surface area contributed by atoms with Gasteiger partial charge < -0.3 is 10.3 Å². The van der Waals surface area contributed by atoms with Crippen molar-refractivity contribution < 1.29 is 0 Å². The molecule has 0 bridgehead atoms. The van der Waals surface area contributed by atoms with Gasteiger partial charge in [0.2, 0.25) is 0 Å². The lowest BCUT2D eigenvalue weighted by atomic mass is 10.1. The van der Waals surface area contributed by atoms with Crippen molar-refractivity contribution in [2.24, 2.45) is 0 Å². The third-order valence-corrected chi connectivity index (χ3v) is 7.98. The molecule has 11 heteroatoms. The zero-order valence-electron chi connectivity index (χ0n) is 19.7. The molecule has 0 spiro atoms. The summed E-state index contributed by atoms with van der Waals surface area (Å²) in [6.07, 6.45) is 9.20. The predicted octanol–water partition coefficient (Wildman–Crippen LogP) is 4.46. The van der Waals surface area contributed by atoms with Gasteiger partial charge in [-0.05, 0) is 57.0 Å². The summed E-state index contributed by atoms with van der Waals surface area (Å²) in [6.45, 7) is 1.97. The van der Waals surface area contributed by atoms with Crippen molar-refractivity contribution in [1.82, 2.24) is 34.2 Å². The third-order valence-electron chi connectivity index (χ3n) is 7.37. The number of pyridine rings is 1. The van der Waals surface area contributed by atoms with Gasteiger partial charge in [-0.25, -0.2) is 14.3 Å². The largest absolute Gasteiger partial charge is 0.339 e. The number of nitrogens with zero attached hydrogens (tertiary/aromatic N) is 5. The summed E-state index contributed by atoms with van der Waals surface area (Å²) < 4.78 is 4.81. The van der Waals surface area contributed by atoms with Crippen molar-refractivity contribution >= 4 is 45.1 Å². The van der Waals surface area contributed by atoms with Gasteiger partial charge in [0.05, 0.1) is 44.6 Å². The molecular weight excluding hydrogens is 513 g/mol. The number of hydrogen-bond acceptors (Lipinski definition) is 5. The number of rotatable bonds is 4. The van der Waals surface area contributed by atoms with E-state index in [1.54, 1.807) is 22.8 Å². The van der Waals surface area contributed by atoms with Crippen LogP contribution in [-0.4, -0.2) is 42.0 Å². The quantitative estimate of drug-likeness (QED) is 0.353. The molecular formula is C26H23Cl2N7O2. The second-order valence-corrected chi connectivity index (χ2v) is 10.6. The second kappa shape index (κ2) is 8.58. The topological polar surface area (TPSA) is 103 Å². The molecule has 2 N–H and O–H groups in total. The van der Waals surface area contributed by atoms with Crippen LogP contribution in [-0.2, 0) is 0 Å². The maximum absolute atomic E-state index is 13.8. The molecule has 0 atom stereocenters. The number of hydrogen-bond donors (Lipinski definition) is 2. The van der Waals surface area contributed by atoms with Gasteiger partial charge in [-0.3, -0.25) is 14.0 Å². The normalized spacial score (nSPS) is 16.7. The summed E-state index contributed by atoms with van der Waals surface area (Å²) in [5.74, 6) is 0. The summed E-state index contributed by atoms with van der Waals surface area (Å²) in [7, 11) is 0. The molecule has 1 saturated carbocycles. The van der Waals surface area contributed by atoms with E-state index in [0.717, 1.165) is 60.0 Å². The van der Waals surface area contributed by atoms with Crippen LogP contribution in [0.4, 0.5) is 0 Å². The second-order valence-electron chi connectivity index (χ2n) is 9.75. The Morgan fingerprint density at radius 2 is 1.70 bits per heavy atom. The Balaban J connectivity index is 1.44. The number of H-pyrrole nitrogens is 1. The molecule has 37 heavy (non-hydrogen) atoms. The molecule has 1 aliphatic heterocycles. The maximum Gasteiger partial charge on any atom is 0.336 e. The van der Waals surface area contributed by atoms with Crippen molar-refractivity contribution in [1.29, 1.82) is 0 Å². The Morgan fingerprint density at radius 3 is 2.43 bits per heavy atom. The van der Waals surface area contributed by atoms with Crippen LogP contribution in [0.15, 0.2) is 52.4 Å². The van der Waals surface area contributed by atoms with Crippen LogP contribution in [0, 0.1) is 0 Å². The zero-order chi connectivity index (χ0) is 25.3. The average Bonchev–Trinajstić information content (AvgIpc) is 3.43. The number of nitrogens with one attached hydrogen (secondary N) is 2. The fourth-order valence-corrected chi connectivity index (χ4v) is 5.93. The Labute approximate surface area is 220 Å². The van der Waals surface area contributed by atoms with Gasteiger partial charge >= 0.3 is 5.69 Å². The molecule has 1 aromatic carbocycles. The molecule has 5 aromatic rings. The van der Waals surface area contributed by atoms with Crippen LogP contribution in [0.2, 0.25) is 10.0 Å². The number of fused-ring (bicyclic) bond motifs is 3. The zero-order valence-corrected chi connectivity index (χ0v) is 21.3. The molecule has 1 aliphatic carbocycles. The Bertz CT molecular complexity index is 1790. The number of aromatic nitrogens is 6. The van der Waals surface area contributed by atoms with Gasteiger partial charge in [0.15, 0.2) is 0 Å². The average molecular weight is 536 g/mol. The highest BCUT2D eigenvalue weighted by Gasteiger charge is 2.31. The SMILES string of the molecule is O=c1c2cnc3[nH]c(-c4cnn(C5CCNCC5)c4)cc3c2n(C2CC2)c(=O)n1-c1c(Cl)cccc1Cl. The van der Waals surface area contributed by atoms with Crippen molar-refractivity contribution in [3.63, 3.8) is 0 Å². The highest BCUT2D eigenvalue weighted by atomic mass is 35.5.